The second-order valence-corrected chi connectivity index (χ2v) is 6.00. The molecule has 0 aliphatic rings. The lowest BCUT2D eigenvalue weighted by molar-refractivity contribution is 0.728. The minimum absolute atomic E-state index is 0.786. The van der Waals surface area contributed by atoms with E-state index < -0.39 is 0 Å². The molecule has 0 fully saturated rings. The maximum absolute atomic E-state index is 4.47. The molecule has 1 aromatic heterocycles. The number of hydrogen-bond donors (Lipinski definition) is 2. The van der Waals surface area contributed by atoms with Crippen LogP contribution in [0.5, 0.6) is 0 Å². The molecule has 1 aromatic carbocycles. The zero-order valence-electron chi connectivity index (χ0n) is 15.5. The molecule has 130 valence electrons. The summed E-state index contributed by atoms with van der Waals surface area (Å²) in [4.78, 5) is 4.31. The van der Waals surface area contributed by atoms with Crippen LogP contribution in [0.2, 0.25) is 0 Å². The van der Waals surface area contributed by atoms with E-state index in [9.17, 15) is 0 Å². The Morgan fingerprint density at radius 3 is 2.46 bits per heavy atom. The molecule has 2 N–H and O–H groups in total. The molecule has 0 aliphatic carbocycles. The molecular weight excluding hydrogens is 298 g/mol. The van der Waals surface area contributed by atoms with Crippen molar-refractivity contribution in [2.45, 2.75) is 40.2 Å². The Bertz CT molecular complexity index is 700. The van der Waals surface area contributed by atoms with Gasteiger partial charge in [-0.3, -0.25) is 9.67 Å². The largest absolute Gasteiger partial charge is 0.356 e. The first-order chi connectivity index (χ1) is 11.6. The number of rotatable bonds is 6. The van der Waals surface area contributed by atoms with Gasteiger partial charge in [0.05, 0.1) is 5.69 Å². The SMILES string of the molecule is CCc1ccccc1CNC(=NC)NCCc1c(C)nn(C)c1C. The molecule has 5 nitrogen and oxygen atoms in total. The number of nitrogens with zero attached hydrogens (tertiary/aromatic N) is 3. The second kappa shape index (κ2) is 8.52. The molecule has 1 heterocycles. The standard InChI is InChI=1S/C19H29N5/c1-6-16-9-7-8-10-17(16)13-22-19(20-4)21-12-11-18-14(2)23-24(5)15(18)3/h7-10H,6,11-13H2,1-5H3,(H2,20,21,22). The molecule has 0 spiro atoms. The van der Waals surface area contributed by atoms with Crippen molar-refractivity contribution in [2.75, 3.05) is 13.6 Å². The van der Waals surface area contributed by atoms with Gasteiger partial charge >= 0.3 is 0 Å². The maximum Gasteiger partial charge on any atom is 0.191 e. The van der Waals surface area contributed by atoms with Crippen LogP contribution in [0.1, 0.15) is 35.0 Å². The zero-order chi connectivity index (χ0) is 17.5. The minimum Gasteiger partial charge on any atom is -0.356 e. The molecule has 5 heteroatoms. The van der Waals surface area contributed by atoms with Crippen LogP contribution in [0, 0.1) is 13.8 Å². The highest BCUT2D eigenvalue weighted by molar-refractivity contribution is 5.79. The fourth-order valence-corrected chi connectivity index (χ4v) is 2.96. The fourth-order valence-electron chi connectivity index (χ4n) is 2.96. The first kappa shape index (κ1) is 18.0. The van der Waals surface area contributed by atoms with E-state index in [1.807, 2.05) is 18.8 Å². The fraction of sp³-hybridized carbons (Fsp3) is 0.474. The lowest BCUT2D eigenvalue weighted by atomic mass is 10.1. The monoisotopic (exact) mass is 327 g/mol. The molecule has 2 aromatic rings. The number of aromatic nitrogens is 2. The summed E-state index contributed by atoms with van der Waals surface area (Å²) in [5.74, 6) is 0.833. The van der Waals surface area contributed by atoms with Crippen LogP contribution < -0.4 is 10.6 Å². The highest BCUT2D eigenvalue weighted by atomic mass is 15.3. The molecule has 2 rings (SSSR count). The zero-order valence-corrected chi connectivity index (χ0v) is 15.5. The van der Waals surface area contributed by atoms with E-state index in [2.05, 4.69) is 65.8 Å². The van der Waals surface area contributed by atoms with E-state index in [4.69, 9.17) is 0 Å². The Morgan fingerprint density at radius 2 is 1.88 bits per heavy atom. The van der Waals surface area contributed by atoms with Crippen LogP contribution in [0.4, 0.5) is 0 Å². The van der Waals surface area contributed by atoms with E-state index >= 15 is 0 Å². The molecule has 0 aliphatic heterocycles. The second-order valence-electron chi connectivity index (χ2n) is 6.00. The lowest BCUT2D eigenvalue weighted by Gasteiger charge is -2.14. The van der Waals surface area contributed by atoms with Crippen molar-refractivity contribution in [1.29, 1.82) is 0 Å². The number of nitrogens with one attached hydrogen (secondary N) is 2. The molecule has 24 heavy (non-hydrogen) atoms. The number of aryl methyl sites for hydroxylation is 3. The molecule has 0 amide bonds. The summed E-state index contributed by atoms with van der Waals surface area (Å²) in [6.07, 6.45) is 1.99. The van der Waals surface area contributed by atoms with Gasteiger partial charge in [0, 0.05) is 32.9 Å². The van der Waals surface area contributed by atoms with Crippen LogP contribution in [0.25, 0.3) is 0 Å². The van der Waals surface area contributed by atoms with Crippen LogP contribution in [-0.2, 0) is 26.4 Å². The number of guanidine groups is 1. The lowest BCUT2D eigenvalue weighted by Crippen LogP contribution is -2.38. The number of benzene rings is 1. The smallest absolute Gasteiger partial charge is 0.191 e. The summed E-state index contributed by atoms with van der Waals surface area (Å²) in [6.45, 7) is 7.99. The van der Waals surface area contributed by atoms with Crippen LogP contribution in [0.15, 0.2) is 29.3 Å². The van der Waals surface area contributed by atoms with Gasteiger partial charge in [0.2, 0.25) is 0 Å². The van der Waals surface area contributed by atoms with Gasteiger partial charge in [0.25, 0.3) is 0 Å². The summed E-state index contributed by atoms with van der Waals surface area (Å²) in [6, 6.07) is 8.52. The van der Waals surface area contributed by atoms with Gasteiger partial charge < -0.3 is 10.6 Å². The first-order valence-electron chi connectivity index (χ1n) is 8.57. The molecule has 0 atom stereocenters. The molecule has 0 saturated heterocycles. The molecule has 0 saturated carbocycles. The van der Waals surface area contributed by atoms with Gasteiger partial charge in [-0.15, -0.1) is 0 Å². The quantitative estimate of drug-likeness (QED) is 0.633. The van der Waals surface area contributed by atoms with Gasteiger partial charge in [-0.1, -0.05) is 31.2 Å². The number of aliphatic imine (C=N–C) groups is 1. The Balaban J connectivity index is 1.87. The molecule has 0 unspecified atom stereocenters. The van der Waals surface area contributed by atoms with Gasteiger partial charge in [-0.2, -0.15) is 5.10 Å². The summed E-state index contributed by atoms with van der Waals surface area (Å²) >= 11 is 0. The molecular formula is C19H29N5. The third-order valence-corrected chi connectivity index (χ3v) is 4.50. The normalized spacial score (nSPS) is 11.6. The average Bonchev–Trinajstić information content (AvgIpc) is 2.84. The highest BCUT2D eigenvalue weighted by Gasteiger charge is 2.09. The predicted octanol–water partition coefficient (Wildman–Crippen LogP) is 2.51. The third-order valence-electron chi connectivity index (χ3n) is 4.50. The predicted molar refractivity (Wildman–Crippen MR) is 100 cm³/mol. The average molecular weight is 327 g/mol. The van der Waals surface area contributed by atoms with E-state index in [1.165, 1.54) is 22.4 Å². The van der Waals surface area contributed by atoms with Gasteiger partial charge in [-0.25, -0.2) is 0 Å². The Kier molecular flexibility index (Phi) is 6.41. The summed E-state index contributed by atoms with van der Waals surface area (Å²) < 4.78 is 1.94. The van der Waals surface area contributed by atoms with Crippen molar-refractivity contribution in [1.82, 2.24) is 20.4 Å². The van der Waals surface area contributed by atoms with Gasteiger partial charge in [0.15, 0.2) is 5.96 Å². The Hall–Kier alpha value is -2.30. The van der Waals surface area contributed by atoms with Crippen molar-refractivity contribution in [3.05, 3.63) is 52.3 Å². The van der Waals surface area contributed by atoms with E-state index in [-0.39, 0.29) is 0 Å². The van der Waals surface area contributed by atoms with Crippen LogP contribution in [-0.4, -0.2) is 29.3 Å². The number of hydrogen-bond acceptors (Lipinski definition) is 2. The Labute approximate surface area is 145 Å². The van der Waals surface area contributed by atoms with Crippen LogP contribution in [0.3, 0.4) is 0 Å². The summed E-state index contributed by atoms with van der Waals surface area (Å²) in [5.41, 5.74) is 6.35. The highest BCUT2D eigenvalue weighted by Crippen LogP contribution is 2.12. The van der Waals surface area contributed by atoms with E-state index in [0.717, 1.165) is 37.6 Å². The summed E-state index contributed by atoms with van der Waals surface area (Å²) in [5, 5.41) is 11.3. The van der Waals surface area contributed by atoms with Crippen molar-refractivity contribution >= 4 is 5.96 Å². The van der Waals surface area contributed by atoms with Crippen molar-refractivity contribution < 1.29 is 0 Å². The van der Waals surface area contributed by atoms with E-state index in [1.54, 1.807) is 0 Å². The van der Waals surface area contributed by atoms with Crippen molar-refractivity contribution in [2.24, 2.45) is 12.0 Å². The molecule has 0 radical (unpaired) electrons. The Morgan fingerprint density at radius 1 is 1.17 bits per heavy atom. The first-order valence-corrected chi connectivity index (χ1v) is 8.57. The molecule has 0 bridgehead atoms. The van der Waals surface area contributed by atoms with Crippen LogP contribution >= 0.6 is 0 Å². The van der Waals surface area contributed by atoms with Crippen molar-refractivity contribution in [3.63, 3.8) is 0 Å². The van der Waals surface area contributed by atoms with E-state index in [0.29, 0.717) is 0 Å². The third kappa shape index (κ3) is 4.37. The maximum atomic E-state index is 4.47. The van der Waals surface area contributed by atoms with Gasteiger partial charge in [0.1, 0.15) is 0 Å². The topological polar surface area (TPSA) is 54.2 Å². The summed E-state index contributed by atoms with van der Waals surface area (Å²) in [7, 11) is 3.80. The van der Waals surface area contributed by atoms with Gasteiger partial charge in [-0.05, 0) is 43.4 Å². The van der Waals surface area contributed by atoms with Crippen molar-refractivity contribution in [3.8, 4) is 0 Å². The minimum atomic E-state index is 0.786.